The maximum atomic E-state index is 13.2. The molecule has 1 aromatic rings. The van der Waals surface area contributed by atoms with Gasteiger partial charge in [-0.05, 0) is 36.5 Å². The van der Waals surface area contributed by atoms with Crippen LogP contribution in [0.15, 0.2) is 18.2 Å². The second-order valence-corrected chi connectivity index (χ2v) is 5.59. The lowest BCUT2D eigenvalue weighted by Crippen LogP contribution is -2.44. The van der Waals surface area contributed by atoms with Crippen molar-refractivity contribution in [2.75, 3.05) is 11.9 Å². The number of hydrogen-bond donors (Lipinski definition) is 2. The molecule has 1 amide bonds. The van der Waals surface area contributed by atoms with Gasteiger partial charge in [0, 0.05) is 12.2 Å². The van der Waals surface area contributed by atoms with Gasteiger partial charge in [0.05, 0.1) is 5.56 Å². The molecular formula is C15H19F3N2O. The number of rotatable bonds is 3. The highest BCUT2D eigenvalue weighted by molar-refractivity contribution is 5.85. The molecule has 21 heavy (non-hydrogen) atoms. The Kier molecular flexibility index (Phi) is 4.44. The van der Waals surface area contributed by atoms with Gasteiger partial charge in [0.2, 0.25) is 5.91 Å². The Morgan fingerprint density at radius 3 is 2.62 bits per heavy atom. The van der Waals surface area contributed by atoms with Crippen molar-refractivity contribution in [3.8, 4) is 0 Å². The van der Waals surface area contributed by atoms with Crippen molar-refractivity contribution in [2.45, 2.75) is 44.8 Å². The molecule has 116 valence electrons. The predicted molar refractivity (Wildman–Crippen MR) is 75.2 cm³/mol. The van der Waals surface area contributed by atoms with Crippen LogP contribution in [0.1, 0.15) is 43.7 Å². The molecule has 0 aromatic heterocycles. The Morgan fingerprint density at radius 1 is 1.33 bits per heavy atom. The third-order valence-corrected chi connectivity index (χ3v) is 3.63. The lowest BCUT2D eigenvalue weighted by Gasteiger charge is -2.25. The molecule has 0 aliphatic carbocycles. The van der Waals surface area contributed by atoms with Gasteiger partial charge in [-0.2, -0.15) is 13.2 Å². The van der Waals surface area contributed by atoms with Crippen LogP contribution in [0.5, 0.6) is 0 Å². The highest BCUT2D eigenvalue weighted by Crippen LogP contribution is 2.37. The quantitative estimate of drug-likeness (QED) is 0.896. The third-order valence-electron chi connectivity index (χ3n) is 3.63. The van der Waals surface area contributed by atoms with Gasteiger partial charge in [0.25, 0.3) is 0 Å². The highest BCUT2D eigenvalue weighted by Gasteiger charge is 2.35. The second-order valence-electron chi connectivity index (χ2n) is 5.59. The van der Waals surface area contributed by atoms with E-state index in [-0.39, 0.29) is 17.5 Å². The summed E-state index contributed by atoms with van der Waals surface area (Å²) in [5.41, 5.74) is -0.123. The average molecular weight is 300 g/mol. The molecule has 1 aromatic carbocycles. The maximum Gasteiger partial charge on any atom is 0.418 e. The van der Waals surface area contributed by atoms with Crippen LogP contribution in [0.4, 0.5) is 18.9 Å². The van der Waals surface area contributed by atoms with E-state index in [0.29, 0.717) is 18.5 Å². The van der Waals surface area contributed by atoms with E-state index in [0.717, 1.165) is 12.5 Å². The largest absolute Gasteiger partial charge is 0.418 e. The summed E-state index contributed by atoms with van der Waals surface area (Å²) < 4.78 is 39.6. The zero-order valence-electron chi connectivity index (χ0n) is 12.1. The number of piperidine rings is 1. The summed E-state index contributed by atoms with van der Waals surface area (Å²) in [6.45, 7) is 4.27. The minimum absolute atomic E-state index is 0.0122. The molecule has 0 radical (unpaired) electrons. The number of anilines is 1. The average Bonchev–Trinajstić information content (AvgIpc) is 2.40. The van der Waals surface area contributed by atoms with E-state index in [1.54, 1.807) is 6.07 Å². The first-order valence-corrected chi connectivity index (χ1v) is 7.04. The van der Waals surface area contributed by atoms with Crippen molar-refractivity contribution in [1.29, 1.82) is 0 Å². The van der Waals surface area contributed by atoms with Crippen LogP contribution in [-0.2, 0) is 11.0 Å². The lowest BCUT2D eigenvalue weighted by molar-refractivity contribution is -0.137. The van der Waals surface area contributed by atoms with E-state index in [1.807, 2.05) is 13.8 Å². The molecule has 1 atom stereocenters. The molecule has 1 saturated heterocycles. The monoisotopic (exact) mass is 300 g/mol. The Hall–Kier alpha value is -1.72. The van der Waals surface area contributed by atoms with Crippen LogP contribution in [0, 0.1) is 0 Å². The zero-order chi connectivity index (χ0) is 15.6. The number of carbonyl (C=O) groups is 1. The van der Waals surface area contributed by atoms with Crippen molar-refractivity contribution in [2.24, 2.45) is 0 Å². The predicted octanol–water partition coefficient (Wildman–Crippen LogP) is 3.52. The summed E-state index contributed by atoms with van der Waals surface area (Å²) >= 11 is 0. The van der Waals surface area contributed by atoms with E-state index in [9.17, 15) is 18.0 Å². The van der Waals surface area contributed by atoms with Crippen LogP contribution >= 0.6 is 0 Å². The van der Waals surface area contributed by atoms with Gasteiger partial charge < -0.3 is 10.6 Å². The fourth-order valence-corrected chi connectivity index (χ4v) is 2.38. The van der Waals surface area contributed by atoms with Crippen molar-refractivity contribution in [3.05, 3.63) is 29.3 Å². The molecule has 0 spiro atoms. The Labute approximate surface area is 121 Å². The summed E-state index contributed by atoms with van der Waals surface area (Å²) in [7, 11) is 0. The molecule has 1 aliphatic heterocycles. The highest BCUT2D eigenvalue weighted by atomic mass is 19.4. The zero-order valence-corrected chi connectivity index (χ0v) is 12.1. The summed E-state index contributed by atoms with van der Waals surface area (Å²) in [5, 5.41) is 5.40. The molecular weight excluding hydrogens is 281 g/mol. The van der Waals surface area contributed by atoms with Gasteiger partial charge in [0.1, 0.15) is 6.04 Å². The van der Waals surface area contributed by atoms with Crippen molar-refractivity contribution < 1.29 is 18.0 Å². The van der Waals surface area contributed by atoms with E-state index in [1.165, 1.54) is 6.07 Å². The topological polar surface area (TPSA) is 41.1 Å². The van der Waals surface area contributed by atoms with E-state index >= 15 is 0 Å². The number of halogens is 3. The first-order valence-electron chi connectivity index (χ1n) is 7.04. The standard InChI is InChI=1S/C15H19F3N2O/c1-9(2)10-5-6-12(11(8-10)15(16,17)18)20-13-4-3-7-19-14(13)21/h5-6,8-9,13,20H,3-4,7H2,1-2H3,(H,19,21). The van der Waals surface area contributed by atoms with E-state index in [4.69, 9.17) is 0 Å². The second kappa shape index (κ2) is 5.95. The fraction of sp³-hybridized carbons (Fsp3) is 0.533. The van der Waals surface area contributed by atoms with Crippen LogP contribution in [0.25, 0.3) is 0 Å². The number of amides is 1. The van der Waals surface area contributed by atoms with Crippen LogP contribution in [-0.4, -0.2) is 18.5 Å². The Balaban J connectivity index is 2.31. The number of benzene rings is 1. The van der Waals surface area contributed by atoms with Crippen LogP contribution < -0.4 is 10.6 Å². The van der Waals surface area contributed by atoms with Crippen LogP contribution in [0.3, 0.4) is 0 Å². The van der Waals surface area contributed by atoms with Gasteiger partial charge in [-0.25, -0.2) is 0 Å². The molecule has 3 nitrogen and oxygen atoms in total. The molecule has 1 unspecified atom stereocenters. The minimum Gasteiger partial charge on any atom is -0.373 e. The molecule has 0 bridgehead atoms. The molecule has 1 fully saturated rings. The van der Waals surface area contributed by atoms with Gasteiger partial charge in [-0.1, -0.05) is 19.9 Å². The summed E-state index contributed by atoms with van der Waals surface area (Å²) in [4.78, 5) is 11.7. The molecule has 1 heterocycles. The fourth-order valence-electron chi connectivity index (χ4n) is 2.38. The number of alkyl halides is 3. The van der Waals surface area contributed by atoms with Gasteiger partial charge in [-0.15, -0.1) is 0 Å². The van der Waals surface area contributed by atoms with Gasteiger partial charge in [-0.3, -0.25) is 4.79 Å². The number of hydrogen-bond acceptors (Lipinski definition) is 2. The summed E-state index contributed by atoms with van der Waals surface area (Å²) in [6.07, 6.45) is -3.15. The first kappa shape index (κ1) is 15.7. The number of carbonyl (C=O) groups excluding carboxylic acids is 1. The van der Waals surface area contributed by atoms with Gasteiger partial charge >= 0.3 is 6.18 Å². The molecule has 2 rings (SSSR count). The number of nitrogens with one attached hydrogen (secondary N) is 2. The Morgan fingerprint density at radius 2 is 2.05 bits per heavy atom. The summed E-state index contributed by atoms with van der Waals surface area (Å²) in [5.74, 6) is -0.236. The molecule has 0 saturated carbocycles. The third kappa shape index (κ3) is 3.68. The summed E-state index contributed by atoms with van der Waals surface area (Å²) in [6, 6.07) is 3.64. The van der Waals surface area contributed by atoms with E-state index in [2.05, 4.69) is 10.6 Å². The van der Waals surface area contributed by atoms with Crippen molar-refractivity contribution in [1.82, 2.24) is 5.32 Å². The normalized spacial score (nSPS) is 19.5. The first-order chi connectivity index (χ1) is 9.79. The Bertz CT molecular complexity index is 526. The van der Waals surface area contributed by atoms with Crippen LogP contribution in [0.2, 0.25) is 0 Å². The smallest absolute Gasteiger partial charge is 0.373 e. The molecule has 1 aliphatic rings. The molecule has 6 heteroatoms. The van der Waals surface area contributed by atoms with E-state index < -0.39 is 17.8 Å². The van der Waals surface area contributed by atoms with Crippen molar-refractivity contribution in [3.63, 3.8) is 0 Å². The van der Waals surface area contributed by atoms with Crippen molar-refractivity contribution >= 4 is 11.6 Å². The SMILES string of the molecule is CC(C)c1ccc(NC2CCCNC2=O)c(C(F)(F)F)c1. The minimum atomic E-state index is -4.45. The molecule has 2 N–H and O–H groups in total. The lowest BCUT2D eigenvalue weighted by atomic mass is 9.98. The van der Waals surface area contributed by atoms with Gasteiger partial charge in [0.15, 0.2) is 0 Å². The maximum absolute atomic E-state index is 13.2.